The van der Waals surface area contributed by atoms with Gasteiger partial charge in [-0.15, -0.1) is 0 Å². The van der Waals surface area contributed by atoms with Crippen molar-refractivity contribution in [1.29, 1.82) is 0 Å². The minimum atomic E-state index is -3.92. The van der Waals surface area contributed by atoms with Gasteiger partial charge in [0.15, 0.2) is 0 Å². The fourth-order valence-corrected chi connectivity index (χ4v) is 5.01. The summed E-state index contributed by atoms with van der Waals surface area (Å²) in [6.45, 7) is 3.48. The fourth-order valence-electron chi connectivity index (χ4n) is 3.71. The smallest absolute Gasteiger partial charge is 0.251 e. The highest BCUT2D eigenvalue weighted by molar-refractivity contribution is 7.89. The van der Waals surface area contributed by atoms with E-state index in [4.69, 9.17) is 9.47 Å². The maximum atomic E-state index is 13.3. The van der Waals surface area contributed by atoms with Gasteiger partial charge in [-0.05, 0) is 43.5 Å². The number of amides is 1. The number of ether oxygens (including phenoxy) is 2. The molecule has 2 aromatic rings. The lowest BCUT2D eigenvalue weighted by atomic mass is 9.74. The molecule has 0 spiro atoms. The number of sulfonamides is 1. The van der Waals surface area contributed by atoms with Crippen molar-refractivity contribution in [3.8, 4) is 5.75 Å². The average Bonchev–Trinajstić information content (AvgIpc) is 2.79. The number of carbonyl (C=O) groups excluding carboxylic acids is 1. The van der Waals surface area contributed by atoms with E-state index < -0.39 is 10.0 Å². The second-order valence-electron chi connectivity index (χ2n) is 7.26. The molecule has 1 heterocycles. The van der Waals surface area contributed by atoms with E-state index in [2.05, 4.69) is 10.0 Å². The van der Waals surface area contributed by atoms with Gasteiger partial charge in [0.1, 0.15) is 10.6 Å². The first kappa shape index (κ1) is 22.3. The molecule has 30 heavy (non-hydrogen) atoms. The minimum absolute atomic E-state index is 0.0410. The molecule has 0 aromatic heterocycles. The van der Waals surface area contributed by atoms with Gasteiger partial charge in [-0.2, -0.15) is 0 Å². The summed E-state index contributed by atoms with van der Waals surface area (Å²) in [5.41, 5.74) is 0.988. The van der Waals surface area contributed by atoms with Crippen LogP contribution in [0.15, 0.2) is 53.4 Å². The molecule has 0 saturated carbocycles. The van der Waals surface area contributed by atoms with Gasteiger partial charge >= 0.3 is 0 Å². The molecule has 0 bridgehead atoms. The number of rotatable bonds is 8. The summed E-state index contributed by atoms with van der Waals surface area (Å²) >= 11 is 0. The van der Waals surface area contributed by atoms with Gasteiger partial charge in [-0.3, -0.25) is 4.79 Å². The molecule has 1 amide bonds. The van der Waals surface area contributed by atoms with Crippen LogP contribution in [0, 0.1) is 0 Å². The summed E-state index contributed by atoms with van der Waals surface area (Å²) in [7, 11) is -2.42. The van der Waals surface area contributed by atoms with Crippen LogP contribution in [0.4, 0.5) is 0 Å². The van der Waals surface area contributed by atoms with Crippen LogP contribution in [0.25, 0.3) is 0 Å². The van der Waals surface area contributed by atoms with E-state index in [9.17, 15) is 13.2 Å². The molecule has 162 valence electrons. The molecule has 1 aliphatic heterocycles. The molecule has 0 unspecified atom stereocenters. The van der Waals surface area contributed by atoms with Crippen LogP contribution in [0.5, 0.6) is 5.75 Å². The first-order chi connectivity index (χ1) is 14.4. The molecule has 1 saturated heterocycles. The van der Waals surface area contributed by atoms with Gasteiger partial charge in [0.25, 0.3) is 5.91 Å². The van der Waals surface area contributed by atoms with Crippen molar-refractivity contribution >= 4 is 15.9 Å². The Labute approximate surface area is 177 Å². The zero-order valence-electron chi connectivity index (χ0n) is 17.3. The molecule has 1 fully saturated rings. The highest BCUT2D eigenvalue weighted by atomic mass is 32.2. The SMILES string of the molecule is CCOc1ccc(C(=O)NC)cc1S(=O)(=O)NCC1(c2ccccc2)CCOCC1. The Kier molecular flexibility index (Phi) is 7.12. The number of benzene rings is 2. The third-order valence-electron chi connectivity index (χ3n) is 5.46. The lowest BCUT2D eigenvalue weighted by Gasteiger charge is -2.38. The molecule has 0 atom stereocenters. The van der Waals surface area contributed by atoms with Gasteiger partial charge in [0.05, 0.1) is 6.61 Å². The van der Waals surface area contributed by atoms with Crippen molar-refractivity contribution in [2.24, 2.45) is 0 Å². The molecule has 3 rings (SSSR count). The van der Waals surface area contributed by atoms with E-state index in [1.165, 1.54) is 19.2 Å². The van der Waals surface area contributed by atoms with Crippen molar-refractivity contribution in [2.45, 2.75) is 30.1 Å². The maximum Gasteiger partial charge on any atom is 0.251 e. The van der Waals surface area contributed by atoms with Gasteiger partial charge in [-0.25, -0.2) is 13.1 Å². The van der Waals surface area contributed by atoms with E-state index >= 15 is 0 Å². The Morgan fingerprint density at radius 1 is 1.13 bits per heavy atom. The summed E-state index contributed by atoms with van der Waals surface area (Å²) in [6, 6.07) is 14.3. The predicted octanol–water partition coefficient (Wildman–Crippen LogP) is 2.47. The summed E-state index contributed by atoms with van der Waals surface area (Å²) < 4.78 is 40.3. The Morgan fingerprint density at radius 3 is 2.47 bits per heavy atom. The van der Waals surface area contributed by atoms with E-state index in [-0.39, 0.29) is 34.1 Å². The summed E-state index contributed by atoms with van der Waals surface area (Å²) in [5.74, 6) is -0.141. The Morgan fingerprint density at radius 2 is 1.83 bits per heavy atom. The van der Waals surface area contributed by atoms with Gasteiger partial charge < -0.3 is 14.8 Å². The first-order valence-corrected chi connectivity index (χ1v) is 11.5. The Hall–Kier alpha value is -2.42. The molecule has 8 heteroatoms. The average molecular weight is 433 g/mol. The lowest BCUT2D eigenvalue weighted by Crippen LogP contribution is -2.44. The summed E-state index contributed by atoms with van der Waals surface area (Å²) in [4.78, 5) is 12.0. The van der Waals surface area contributed by atoms with E-state index in [0.717, 1.165) is 18.4 Å². The number of hydrogen-bond donors (Lipinski definition) is 2. The van der Waals surface area contributed by atoms with Crippen LogP contribution < -0.4 is 14.8 Å². The molecule has 1 aliphatic rings. The van der Waals surface area contributed by atoms with Crippen molar-refractivity contribution in [3.63, 3.8) is 0 Å². The minimum Gasteiger partial charge on any atom is -0.492 e. The van der Waals surface area contributed by atoms with Gasteiger partial charge in [0, 0.05) is 37.8 Å². The monoisotopic (exact) mass is 432 g/mol. The maximum absolute atomic E-state index is 13.3. The standard InChI is InChI=1S/C22H28N2O5S/c1-3-29-19-10-9-17(21(25)23-2)15-20(19)30(26,27)24-16-22(11-13-28-14-12-22)18-7-5-4-6-8-18/h4-10,15,24H,3,11-14,16H2,1-2H3,(H,23,25). The highest BCUT2D eigenvalue weighted by Crippen LogP contribution is 2.35. The molecule has 0 radical (unpaired) electrons. The molecule has 7 nitrogen and oxygen atoms in total. The summed E-state index contributed by atoms with van der Waals surface area (Å²) in [6.07, 6.45) is 1.44. The summed E-state index contributed by atoms with van der Waals surface area (Å²) in [5, 5.41) is 2.51. The van der Waals surface area contributed by atoms with E-state index in [1.54, 1.807) is 13.0 Å². The number of carbonyl (C=O) groups is 1. The van der Waals surface area contributed by atoms with Crippen molar-refractivity contribution in [2.75, 3.05) is 33.4 Å². The third kappa shape index (κ3) is 4.83. The third-order valence-corrected chi connectivity index (χ3v) is 6.88. The van der Waals surface area contributed by atoms with Crippen molar-refractivity contribution < 1.29 is 22.7 Å². The normalized spacial score (nSPS) is 16.1. The van der Waals surface area contributed by atoms with Crippen molar-refractivity contribution in [1.82, 2.24) is 10.0 Å². The van der Waals surface area contributed by atoms with Crippen LogP contribution in [0.2, 0.25) is 0 Å². The predicted molar refractivity (Wildman–Crippen MR) is 114 cm³/mol. The molecule has 2 aromatic carbocycles. The van der Waals surface area contributed by atoms with Crippen LogP contribution in [0.1, 0.15) is 35.7 Å². The number of nitrogens with one attached hydrogen (secondary N) is 2. The van der Waals surface area contributed by atoms with Crippen LogP contribution in [-0.2, 0) is 20.2 Å². The Bertz CT molecular complexity index is 970. The second kappa shape index (κ2) is 9.59. The topological polar surface area (TPSA) is 93.7 Å². The van der Waals surface area contributed by atoms with Crippen LogP contribution in [0.3, 0.4) is 0 Å². The first-order valence-electron chi connectivity index (χ1n) is 10.0. The molecule has 0 aliphatic carbocycles. The quantitative estimate of drug-likeness (QED) is 0.668. The fraction of sp³-hybridized carbons (Fsp3) is 0.409. The van der Waals surface area contributed by atoms with Crippen LogP contribution in [-0.4, -0.2) is 47.7 Å². The lowest BCUT2D eigenvalue weighted by molar-refractivity contribution is 0.0517. The Balaban J connectivity index is 1.92. The van der Waals surface area contributed by atoms with E-state index in [0.29, 0.717) is 19.8 Å². The second-order valence-corrected chi connectivity index (χ2v) is 8.99. The molecular formula is C22H28N2O5S. The highest BCUT2D eigenvalue weighted by Gasteiger charge is 2.36. The van der Waals surface area contributed by atoms with Crippen molar-refractivity contribution in [3.05, 3.63) is 59.7 Å². The van der Waals surface area contributed by atoms with E-state index in [1.807, 2.05) is 30.3 Å². The van der Waals surface area contributed by atoms with Gasteiger partial charge in [0.2, 0.25) is 10.0 Å². The van der Waals surface area contributed by atoms with Crippen LogP contribution >= 0.6 is 0 Å². The number of hydrogen-bond acceptors (Lipinski definition) is 5. The van der Waals surface area contributed by atoms with Gasteiger partial charge in [-0.1, -0.05) is 30.3 Å². The molecule has 2 N–H and O–H groups in total. The molecular weight excluding hydrogens is 404 g/mol. The zero-order chi connectivity index (χ0) is 21.6. The zero-order valence-corrected chi connectivity index (χ0v) is 18.1. The largest absolute Gasteiger partial charge is 0.492 e.